The average molecular weight is 283 g/mol. The normalized spacial score (nSPS) is 13.8. The second-order valence-electron chi connectivity index (χ2n) is 4.33. The largest absolute Gasteiger partial charge is 0.494 e. The molecule has 2 atom stereocenters. The molecule has 0 bridgehead atoms. The second kappa shape index (κ2) is 8.52. The van der Waals surface area contributed by atoms with Crippen molar-refractivity contribution in [2.75, 3.05) is 19.8 Å². The van der Waals surface area contributed by atoms with Crippen LogP contribution in [0.15, 0.2) is 24.3 Å². The molecule has 0 spiro atoms. The monoisotopic (exact) mass is 283 g/mol. The summed E-state index contributed by atoms with van der Waals surface area (Å²) in [4.78, 5) is 10.8. The highest BCUT2D eigenvalue weighted by Gasteiger charge is 2.23. The summed E-state index contributed by atoms with van der Waals surface area (Å²) in [5.41, 5.74) is 0.602. The minimum Gasteiger partial charge on any atom is -0.494 e. The number of carboxylic acid groups (broad SMARTS) is 1. The van der Waals surface area contributed by atoms with Crippen LogP contribution >= 0.6 is 0 Å². The molecule has 0 aromatic heterocycles. The standard InChI is InChI=1S/C14H21NO5/c1-2-20-11-5-3-10(4-6-11)14(19)12(9-13(17)18)15-7-8-16/h3-6,12,14-16,19H,2,7-9H2,1H3,(H,17,18). The maximum absolute atomic E-state index is 10.8. The number of carbonyl (C=O) groups is 1. The Balaban J connectivity index is 2.75. The number of aliphatic carboxylic acids is 1. The van der Waals surface area contributed by atoms with E-state index in [1.165, 1.54) is 0 Å². The van der Waals surface area contributed by atoms with Crippen LogP contribution in [0.5, 0.6) is 5.75 Å². The average Bonchev–Trinajstić information content (AvgIpc) is 2.43. The Bertz CT molecular complexity index is 407. The molecule has 4 N–H and O–H groups in total. The van der Waals surface area contributed by atoms with E-state index in [2.05, 4.69) is 5.32 Å². The van der Waals surface area contributed by atoms with Crippen LogP contribution in [0.3, 0.4) is 0 Å². The molecule has 0 saturated carbocycles. The third-order valence-corrected chi connectivity index (χ3v) is 2.83. The number of rotatable bonds is 9. The van der Waals surface area contributed by atoms with Gasteiger partial charge in [0.05, 0.1) is 25.7 Å². The first-order valence-electron chi connectivity index (χ1n) is 6.55. The summed E-state index contributed by atoms with van der Waals surface area (Å²) in [6.45, 7) is 2.55. The molecule has 0 aliphatic carbocycles. The Morgan fingerprint density at radius 1 is 1.35 bits per heavy atom. The number of aliphatic hydroxyl groups is 2. The Labute approximate surface area is 118 Å². The lowest BCUT2D eigenvalue weighted by Crippen LogP contribution is -2.38. The zero-order valence-corrected chi connectivity index (χ0v) is 11.5. The molecule has 1 rings (SSSR count). The van der Waals surface area contributed by atoms with Gasteiger partial charge in [-0.15, -0.1) is 0 Å². The van der Waals surface area contributed by atoms with Gasteiger partial charge in [0.15, 0.2) is 0 Å². The van der Waals surface area contributed by atoms with Crippen LogP contribution < -0.4 is 10.1 Å². The molecule has 6 nitrogen and oxygen atoms in total. The summed E-state index contributed by atoms with van der Waals surface area (Å²) in [6.07, 6.45) is -1.19. The van der Waals surface area contributed by atoms with Crippen LogP contribution in [0.2, 0.25) is 0 Å². The highest BCUT2D eigenvalue weighted by atomic mass is 16.5. The van der Waals surface area contributed by atoms with Crippen LogP contribution in [0.25, 0.3) is 0 Å². The second-order valence-corrected chi connectivity index (χ2v) is 4.33. The van der Waals surface area contributed by atoms with Gasteiger partial charge in [0.1, 0.15) is 5.75 Å². The molecule has 0 amide bonds. The van der Waals surface area contributed by atoms with Crippen molar-refractivity contribution in [2.24, 2.45) is 0 Å². The first-order chi connectivity index (χ1) is 9.58. The van der Waals surface area contributed by atoms with E-state index in [0.29, 0.717) is 17.9 Å². The third kappa shape index (κ3) is 5.16. The quantitative estimate of drug-likeness (QED) is 0.528. The maximum Gasteiger partial charge on any atom is 0.305 e. The number of aliphatic hydroxyl groups excluding tert-OH is 2. The minimum atomic E-state index is -1.01. The zero-order chi connectivity index (χ0) is 15.0. The Kier molecular flexibility index (Phi) is 7.00. The summed E-state index contributed by atoms with van der Waals surface area (Å²) in [5, 5.41) is 30.7. The fraction of sp³-hybridized carbons (Fsp3) is 0.500. The predicted octanol–water partition coefficient (Wildman–Crippen LogP) is 0.544. The zero-order valence-electron chi connectivity index (χ0n) is 11.5. The molecule has 0 heterocycles. The van der Waals surface area contributed by atoms with E-state index in [4.69, 9.17) is 14.9 Å². The highest BCUT2D eigenvalue weighted by molar-refractivity contribution is 5.67. The van der Waals surface area contributed by atoms with Gasteiger partial charge in [-0.1, -0.05) is 12.1 Å². The molecule has 1 aromatic rings. The lowest BCUT2D eigenvalue weighted by molar-refractivity contribution is -0.138. The topological polar surface area (TPSA) is 99.0 Å². The number of hydrogen-bond donors (Lipinski definition) is 4. The van der Waals surface area contributed by atoms with Gasteiger partial charge in [0.25, 0.3) is 0 Å². The van der Waals surface area contributed by atoms with Crippen molar-refractivity contribution in [1.82, 2.24) is 5.32 Å². The summed E-state index contributed by atoms with van der Waals surface area (Å²) in [6, 6.07) is 6.20. The van der Waals surface area contributed by atoms with E-state index >= 15 is 0 Å². The minimum absolute atomic E-state index is 0.119. The van der Waals surface area contributed by atoms with Gasteiger partial charge in [-0.3, -0.25) is 4.79 Å². The van der Waals surface area contributed by atoms with E-state index in [9.17, 15) is 9.90 Å². The number of carboxylic acids is 1. The van der Waals surface area contributed by atoms with Crippen LogP contribution in [0.1, 0.15) is 25.0 Å². The first-order valence-corrected chi connectivity index (χ1v) is 6.55. The van der Waals surface area contributed by atoms with E-state index in [0.717, 1.165) is 0 Å². The summed E-state index contributed by atoms with van der Waals surface area (Å²) >= 11 is 0. The third-order valence-electron chi connectivity index (χ3n) is 2.83. The fourth-order valence-corrected chi connectivity index (χ4v) is 1.89. The fourth-order valence-electron chi connectivity index (χ4n) is 1.89. The number of benzene rings is 1. The maximum atomic E-state index is 10.8. The first kappa shape index (κ1) is 16.4. The molecule has 20 heavy (non-hydrogen) atoms. The SMILES string of the molecule is CCOc1ccc(C(O)C(CC(=O)O)NCCO)cc1. The molecule has 0 saturated heterocycles. The van der Waals surface area contributed by atoms with Crippen LogP contribution in [0, 0.1) is 0 Å². The Morgan fingerprint density at radius 3 is 2.50 bits per heavy atom. The van der Waals surface area contributed by atoms with Crippen molar-refractivity contribution in [2.45, 2.75) is 25.5 Å². The summed E-state index contributed by atoms with van der Waals surface area (Å²) in [7, 11) is 0. The van der Waals surface area contributed by atoms with Gasteiger partial charge >= 0.3 is 5.97 Å². The van der Waals surface area contributed by atoms with Crippen molar-refractivity contribution in [3.05, 3.63) is 29.8 Å². The van der Waals surface area contributed by atoms with Gasteiger partial charge < -0.3 is 25.4 Å². The van der Waals surface area contributed by atoms with Crippen LogP contribution in [0.4, 0.5) is 0 Å². The van der Waals surface area contributed by atoms with E-state index in [1.807, 2.05) is 6.92 Å². The number of ether oxygens (including phenoxy) is 1. The van der Waals surface area contributed by atoms with Crippen molar-refractivity contribution in [3.63, 3.8) is 0 Å². The Morgan fingerprint density at radius 2 is 2.00 bits per heavy atom. The number of hydrogen-bond acceptors (Lipinski definition) is 5. The summed E-state index contributed by atoms with van der Waals surface area (Å²) in [5.74, 6) is -0.313. The molecular weight excluding hydrogens is 262 g/mol. The highest BCUT2D eigenvalue weighted by Crippen LogP contribution is 2.22. The number of nitrogens with one attached hydrogen (secondary N) is 1. The molecule has 0 aliphatic rings. The lowest BCUT2D eigenvalue weighted by atomic mass is 9.99. The van der Waals surface area contributed by atoms with Gasteiger partial charge in [-0.2, -0.15) is 0 Å². The van der Waals surface area contributed by atoms with E-state index in [-0.39, 0.29) is 19.6 Å². The van der Waals surface area contributed by atoms with Crippen molar-refractivity contribution in [1.29, 1.82) is 0 Å². The molecule has 0 radical (unpaired) electrons. The van der Waals surface area contributed by atoms with E-state index < -0.39 is 18.1 Å². The van der Waals surface area contributed by atoms with Crippen molar-refractivity contribution < 1.29 is 24.9 Å². The van der Waals surface area contributed by atoms with Crippen LogP contribution in [-0.2, 0) is 4.79 Å². The molecule has 0 fully saturated rings. The van der Waals surface area contributed by atoms with E-state index in [1.54, 1.807) is 24.3 Å². The summed E-state index contributed by atoms with van der Waals surface area (Å²) < 4.78 is 5.31. The van der Waals surface area contributed by atoms with Gasteiger partial charge in [-0.05, 0) is 24.6 Å². The molecule has 112 valence electrons. The predicted molar refractivity (Wildman–Crippen MR) is 73.7 cm³/mol. The van der Waals surface area contributed by atoms with Crippen molar-refractivity contribution >= 4 is 5.97 Å². The smallest absolute Gasteiger partial charge is 0.305 e. The molecular formula is C14H21NO5. The van der Waals surface area contributed by atoms with Crippen LogP contribution in [-0.4, -0.2) is 47.1 Å². The van der Waals surface area contributed by atoms with Gasteiger partial charge in [0, 0.05) is 12.6 Å². The molecule has 0 aliphatic heterocycles. The Hall–Kier alpha value is -1.63. The van der Waals surface area contributed by atoms with Gasteiger partial charge in [-0.25, -0.2) is 0 Å². The molecule has 1 aromatic carbocycles. The lowest BCUT2D eigenvalue weighted by Gasteiger charge is -2.23. The molecule has 2 unspecified atom stereocenters. The van der Waals surface area contributed by atoms with Crippen molar-refractivity contribution in [3.8, 4) is 5.75 Å². The van der Waals surface area contributed by atoms with Gasteiger partial charge in [0.2, 0.25) is 0 Å². The molecule has 6 heteroatoms.